The molecule has 0 fully saturated rings. The number of imidazole rings is 1. The fraction of sp³-hybridized carbons (Fsp3) is 0.214. The van der Waals surface area contributed by atoms with Crippen LogP contribution in [0.25, 0.3) is 38.9 Å². The van der Waals surface area contributed by atoms with Crippen LogP contribution in [0.5, 0.6) is 5.88 Å². The van der Waals surface area contributed by atoms with E-state index in [-0.39, 0.29) is 11.3 Å². The van der Waals surface area contributed by atoms with Crippen LogP contribution >= 0.6 is 0 Å². The summed E-state index contributed by atoms with van der Waals surface area (Å²) in [5.41, 5.74) is 5.64. The average Bonchev–Trinajstić information content (AvgIpc) is 3.15. The van der Waals surface area contributed by atoms with Gasteiger partial charge in [0.25, 0.3) is 0 Å². The molecule has 166 valence electrons. The summed E-state index contributed by atoms with van der Waals surface area (Å²) in [7, 11) is 4.05. The third-order valence-electron chi connectivity index (χ3n) is 6.02. The average molecular weight is 437 g/mol. The molecule has 0 bridgehead atoms. The standard InChI is InChI=1S/C28H28N4O/c1-28(2,3)25-27(33)32-17-23(19-13-15-20(16-14-19)31(4)5)29-24(26(32)30-25)22-12-8-10-18-9-6-7-11-21(18)22/h6-17,33H,1-5H3. The molecule has 5 heteroatoms. The van der Waals surface area contributed by atoms with Gasteiger partial charge < -0.3 is 10.0 Å². The van der Waals surface area contributed by atoms with Crippen LogP contribution in [0.2, 0.25) is 0 Å². The zero-order valence-electron chi connectivity index (χ0n) is 19.7. The highest BCUT2D eigenvalue weighted by Crippen LogP contribution is 2.37. The van der Waals surface area contributed by atoms with Crippen molar-refractivity contribution in [2.45, 2.75) is 26.2 Å². The fourth-order valence-electron chi connectivity index (χ4n) is 4.22. The maximum atomic E-state index is 11.2. The molecular formula is C28H28N4O. The van der Waals surface area contributed by atoms with E-state index in [2.05, 4.69) is 74.2 Å². The molecule has 33 heavy (non-hydrogen) atoms. The quantitative estimate of drug-likeness (QED) is 0.361. The van der Waals surface area contributed by atoms with Crippen molar-refractivity contribution in [2.75, 3.05) is 19.0 Å². The van der Waals surface area contributed by atoms with Crippen LogP contribution in [0.3, 0.4) is 0 Å². The lowest BCUT2D eigenvalue weighted by atomic mass is 9.92. The molecule has 2 heterocycles. The molecule has 0 spiro atoms. The Morgan fingerprint density at radius 3 is 2.24 bits per heavy atom. The van der Waals surface area contributed by atoms with Crippen molar-refractivity contribution in [2.24, 2.45) is 0 Å². The largest absolute Gasteiger partial charge is 0.493 e. The summed E-state index contributed by atoms with van der Waals surface area (Å²) in [5, 5.41) is 13.4. The van der Waals surface area contributed by atoms with Crippen molar-refractivity contribution in [1.29, 1.82) is 0 Å². The summed E-state index contributed by atoms with van der Waals surface area (Å²) in [6.07, 6.45) is 1.88. The number of aromatic nitrogens is 3. The van der Waals surface area contributed by atoms with Crippen LogP contribution in [0.4, 0.5) is 5.69 Å². The normalized spacial score (nSPS) is 11.9. The lowest BCUT2D eigenvalue weighted by Crippen LogP contribution is -2.11. The minimum Gasteiger partial charge on any atom is -0.493 e. The van der Waals surface area contributed by atoms with E-state index in [4.69, 9.17) is 9.97 Å². The molecule has 0 amide bonds. The van der Waals surface area contributed by atoms with Crippen molar-refractivity contribution >= 4 is 22.1 Å². The summed E-state index contributed by atoms with van der Waals surface area (Å²) >= 11 is 0. The number of rotatable bonds is 3. The molecular weight excluding hydrogens is 408 g/mol. The second kappa shape index (κ2) is 7.62. The highest BCUT2D eigenvalue weighted by atomic mass is 16.3. The molecule has 0 aliphatic carbocycles. The van der Waals surface area contributed by atoms with Gasteiger partial charge in [-0.2, -0.15) is 0 Å². The lowest BCUT2D eigenvalue weighted by Gasteiger charge is -2.14. The molecule has 0 aliphatic heterocycles. The minimum absolute atomic E-state index is 0.160. The first-order chi connectivity index (χ1) is 15.7. The maximum Gasteiger partial charge on any atom is 0.219 e. The second-order valence-electron chi connectivity index (χ2n) is 9.67. The number of hydrogen-bond acceptors (Lipinski definition) is 4. The van der Waals surface area contributed by atoms with Gasteiger partial charge in [-0.15, -0.1) is 0 Å². The van der Waals surface area contributed by atoms with Gasteiger partial charge in [0.15, 0.2) is 5.65 Å². The van der Waals surface area contributed by atoms with Crippen molar-refractivity contribution < 1.29 is 5.11 Å². The highest BCUT2D eigenvalue weighted by molar-refractivity contribution is 5.99. The molecule has 3 aromatic carbocycles. The van der Waals surface area contributed by atoms with Gasteiger partial charge in [-0.1, -0.05) is 75.4 Å². The number of anilines is 1. The Balaban J connectivity index is 1.83. The molecule has 0 radical (unpaired) electrons. The van der Waals surface area contributed by atoms with Crippen LogP contribution < -0.4 is 4.90 Å². The molecule has 0 unspecified atom stereocenters. The Bertz CT molecular complexity index is 1470. The third kappa shape index (κ3) is 3.59. The molecule has 5 nitrogen and oxygen atoms in total. The van der Waals surface area contributed by atoms with Gasteiger partial charge in [-0.25, -0.2) is 9.97 Å². The Labute approximate surface area is 194 Å². The Hall–Kier alpha value is -3.86. The van der Waals surface area contributed by atoms with Crippen LogP contribution in [-0.2, 0) is 5.41 Å². The molecule has 0 atom stereocenters. The first-order valence-electron chi connectivity index (χ1n) is 11.1. The number of aromatic hydroxyl groups is 1. The van der Waals surface area contributed by atoms with Gasteiger partial charge in [0.2, 0.25) is 5.88 Å². The van der Waals surface area contributed by atoms with E-state index >= 15 is 0 Å². The first kappa shape index (κ1) is 21.0. The smallest absolute Gasteiger partial charge is 0.219 e. The van der Waals surface area contributed by atoms with E-state index in [0.29, 0.717) is 11.3 Å². The molecule has 2 aromatic heterocycles. The molecule has 0 saturated carbocycles. The number of fused-ring (bicyclic) bond motifs is 2. The summed E-state index contributed by atoms with van der Waals surface area (Å²) in [4.78, 5) is 12.0. The predicted molar refractivity (Wildman–Crippen MR) is 136 cm³/mol. The van der Waals surface area contributed by atoms with Gasteiger partial charge in [0, 0.05) is 42.5 Å². The molecule has 1 N–H and O–H groups in total. The molecule has 5 aromatic rings. The van der Waals surface area contributed by atoms with E-state index in [0.717, 1.165) is 39.0 Å². The predicted octanol–water partition coefficient (Wildman–Crippen LogP) is 6.29. The topological polar surface area (TPSA) is 53.7 Å². The zero-order valence-corrected chi connectivity index (χ0v) is 19.7. The number of benzene rings is 3. The molecule has 0 aliphatic rings. The van der Waals surface area contributed by atoms with Crippen molar-refractivity contribution in [1.82, 2.24) is 14.4 Å². The van der Waals surface area contributed by atoms with Gasteiger partial charge in [-0.05, 0) is 22.9 Å². The highest BCUT2D eigenvalue weighted by Gasteiger charge is 2.26. The van der Waals surface area contributed by atoms with Gasteiger partial charge in [-0.3, -0.25) is 4.40 Å². The Morgan fingerprint density at radius 2 is 1.55 bits per heavy atom. The van der Waals surface area contributed by atoms with E-state index < -0.39 is 0 Å². The van der Waals surface area contributed by atoms with E-state index in [1.807, 2.05) is 38.5 Å². The SMILES string of the molecule is CN(C)c1ccc(-c2cn3c(O)c(C(C)(C)C)nc3c(-c3cccc4ccccc34)n2)cc1. The number of hydrogen-bond donors (Lipinski definition) is 1. The fourth-order valence-corrected chi connectivity index (χ4v) is 4.22. The van der Waals surface area contributed by atoms with Crippen LogP contribution in [0.1, 0.15) is 26.5 Å². The van der Waals surface area contributed by atoms with Gasteiger partial charge in [0.05, 0.1) is 5.69 Å². The van der Waals surface area contributed by atoms with Crippen molar-refractivity contribution in [3.63, 3.8) is 0 Å². The Morgan fingerprint density at radius 1 is 0.848 bits per heavy atom. The van der Waals surface area contributed by atoms with Crippen LogP contribution in [0.15, 0.2) is 72.9 Å². The van der Waals surface area contributed by atoms with E-state index in [1.54, 1.807) is 4.40 Å². The van der Waals surface area contributed by atoms with Crippen molar-refractivity contribution in [3.8, 4) is 28.4 Å². The van der Waals surface area contributed by atoms with E-state index in [9.17, 15) is 5.11 Å². The number of nitrogens with zero attached hydrogens (tertiary/aromatic N) is 4. The van der Waals surface area contributed by atoms with Gasteiger partial charge in [0.1, 0.15) is 11.4 Å². The van der Waals surface area contributed by atoms with Crippen molar-refractivity contribution in [3.05, 3.63) is 78.6 Å². The van der Waals surface area contributed by atoms with Gasteiger partial charge >= 0.3 is 0 Å². The first-order valence-corrected chi connectivity index (χ1v) is 11.1. The Kier molecular flexibility index (Phi) is 4.85. The summed E-state index contributed by atoms with van der Waals surface area (Å²) in [6.45, 7) is 6.17. The lowest BCUT2D eigenvalue weighted by molar-refractivity contribution is 0.421. The van der Waals surface area contributed by atoms with Crippen LogP contribution in [0, 0.1) is 0 Å². The third-order valence-corrected chi connectivity index (χ3v) is 6.02. The molecule has 0 saturated heterocycles. The zero-order chi connectivity index (χ0) is 23.3. The molecule has 5 rings (SSSR count). The summed E-state index contributed by atoms with van der Waals surface area (Å²) in [6, 6.07) is 22.8. The summed E-state index contributed by atoms with van der Waals surface area (Å²) < 4.78 is 1.78. The minimum atomic E-state index is -0.306. The summed E-state index contributed by atoms with van der Waals surface area (Å²) in [5.74, 6) is 0.160. The monoisotopic (exact) mass is 436 g/mol. The van der Waals surface area contributed by atoms with E-state index in [1.165, 1.54) is 0 Å². The second-order valence-corrected chi connectivity index (χ2v) is 9.67. The van der Waals surface area contributed by atoms with Crippen LogP contribution in [-0.4, -0.2) is 33.6 Å². The maximum absolute atomic E-state index is 11.2.